The summed E-state index contributed by atoms with van der Waals surface area (Å²) >= 11 is 0. The first-order valence-electron chi connectivity index (χ1n) is 11.9. The fourth-order valence-electron chi connectivity index (χ4n) is 4.56. The zero-order valence-corrected chi connectivity index (χ0v) is 20.5. The number of piperidine rings is 1. The van der Waals surface area contributed by atoms with Crippen LogP contribution in [0.3, 0.4) is 0 Å². The van der Waals surface area contributed by atoms with Gasteiger partial charge >= 0.3 is 0 Å². The molecule has 1 aliphatic rings. The third-order valence-corrected chi connectivity index (χ3v) is 6.47. The van der Waals surface area contributed by atoms with Gasteiger partial charge in [0, 0.05) is 25.6 Å². The molecule has 6 N–H and O–H groups in total. The summed E-state index contributed by atoms with van der Waals surface area (Å²) in [6.45, 7) is 0.621. The summed E-state index contributed by atoms with van der Waals surface area (Å²) in [5, 5.41) is 16.7. The van der Waals surface area contributed by atoms with Crippen molar-refractivity contribution >= 4 is 23.4 Å². The lowest BCUT2D eigenvalue weighted by molar-refractivity contribution is -0.135. The van der Waals surface area contributed by atoms with Crippen molar-refractivity contribution in [3.8, 4) is 11.4 Å². The molecule has 1 aliphatic heterocycles. The minimum absolute atomic E-state index is 0.0674. The molecule has 0 spiro atoms. The summed E-state index contributed by atoms with van der Waals surface area (Å²) in [4.78, 5) is 38.4. The van der Waals surface area contributed by atoms with Crippen LogP contribution in [0, 0.1) is 0 Å². The van der Waals surface area contributed by atoms with Crippen LogP contribution in [0.4, 0.5) is 5.69 Å². The predicted molar refractivity (Wildman–Crippen MR) is 136 cm³/mol. The second-order valence-electron chi connectivity index (χ2n) is 8.81. The number of methoxy groups -OCH3 is 1. The Morgan fingerprint density at radius 3 is 2.57 bits per heavy atom. The van der Waals surface area contributed by atoms with E-state index in [-0.39, 0.29) is 35.7 Å². The quantitative estimate of drug-likeness (QED) is 0.356. The topological polar surface area (TPSA) is 166 Å². The number of ether oxygens (including phenoxy) is 1. The van der Waals surface area contributed by atoms with E-state index in [1.165, 1.54) is 11.8 Å². The van der Waals surface area contributed by atoms with Gasteiger partial charge in [-0.05, 0) is 42.7 Å². The summed E-state index contributed by atoms with van der Waals surface area (Å²) in [7, 11) is 1.51. The van der Waals surface area contributed by atoms with Gasteiger partial charge in [-0.2, -0.15) is 5.10 Å². The number of carbonyl (C=O) groups is 3. The highest BCUT2D eigenvalue weighted by atomic mass is 16.5. The van der Waals surface area contributed by atoms with Crippen LogP contribution < -0.4 is 21.5 Å². The number of aliphatic hydroxyl groups is 1. The molecule has 1 unspecified atom stereocenters. The molecule has 2 heterocycles. The van der Waals surface area contributed by atoms with Crippen LogP contribution in [0.2, 0.25) is 0 Å². The van der Waals surface area contributed by atoms with Gasteiger partial charge in [-0.25, -0.2) is 4.68 Å². The largest absolute Gasteiger partial charge is 0.496 e. The zero-order chi connectivity index (χ0) is 26.5. The number of nitrogen functional groups attached to an aromatic ring is 1. The average molecular weight is 507 g/mol. The Kier molecular flexibility index (Phi) is 7.73. The molecule has 3 amide bonds. The van der Waals surface area contributed by atoms with Gasteiger partial charge < -0.3 is 31.5 Å². The van der Waals surface area contributed by atoms with Gasteiger partial charge in [-0.1, -0.05) is 24.3 Å². The second kappa shape index (κ2) is 11.1. The number of benzene rings is 2. The van der Waals surface area contributed by atoms with Crippen molar-refractivity contribution in [2.75, 3.05) is 32.5 Å². The summed E-state index contributed by atoms with van der Waals surface area (Å²) in [5.41, 5.74) is 14.6. The highest BCUT2D eigenvalue weighted by Crippen LogP contribution is 2.33. The Hall–Kier alpha value is -4.38. The van der Waals surface area contributed by atoms with Gasteiger partial charge in [0.25, 0.3) is 11.8 Å². The fourth-order valence-corrected chi connectivity index (χ4v) is 4.56. The van der Waals surface area contributed by atoms with Gasteiger partial charge in [0.05, 0.1) is 29.7 Å². The van der Waals surface area contributed by atoms with E-state index in [1.54, 1.807) is 41.3 Å². The number of nitrogens with zero attached hydrogens (tertiary/aromatic N) is 3. The van der Waals surface area contributed by atoms with E-state index in [2.05, 4.69) is 10.4 Å². The van der Waals surface area contributed by atoms with Crippen LogP contribution in [0.5, 0.6) is 5.75 Å². The summed E-state index contributed by atoms with van der Waals surface area (Å²) in [5.74, 6) is -1.03. The molecule has 11 nitrogen and oxygen atoms in total. The van der Waals surface area contributed by atoms with Crippen LogP contribution in [-0.4, -0.2) is 64.3 Å². The van der Waals surface area contributed by atoms with E-state index in [0.717, 1.165) is 18.4 Å². The Morgan fingerprint density at radius 1 is 1.16 bits per heavy atom. The van der Waals surface area contributed by atoms with Crippen molar-refractivity contribution in [2.24, 2.45) is 5.73 Å². The number of amides is 3. The zero-order valence-electron chi connectivity index (χ0n) is 20.5. The molecule has 194 valence electrons. The fraction of sp³-hybridized carbons (Fsp3) is 0.308. The van der Waals surface area contributed by atoms with Crippen molar-refractivity contribution in [2.45, 2.75) is 25.3 Å². The first kappa shape index (κ1) is 25.7. The van der Waals surface area contributed by atoms with Crippen LogP contribution >= 0.6 is 0 Å². The Bertz CT molecular complexity index is 1300. The van der Waals surface area contributed by atoms with E-state index in [1.807, 2.05) is 12.1 Å². The number of nitrogens with one attached hydrogen (secondary N) is 1. The molecule has 1 atom stereocenters. The summed E-state index contributed by atoms with van der Waals surface area (Å²) in [6.07, 6.45) is 1.46. The Labute approximate surface area is 214 Å². The van der Waals surface area contributed by atoms with Gasteiger partial charge in [-0.3, -0.25) is 14.4 Å². The van der Waals surface area contributed by atoms with E-state index in [0.29, 0.717) is 35.8 Å². The van der Waals surface area contributed by atoms with Gasteiger partial charge in [0.2, 0.25) is 5.91 Å². The molecule has 37 heavy (non-hydrogen) atoms. The number of aromatic nitrogens is 2. The normalized spacial score (nSPS) is 15.3. The number of nitrogens with two attached hydrogens (primary N) is 2. The number of likely N-dealkylation sites (tertiary alicyclic amines) is 1. The van der Waals surface area contributed by atoms with Crippen molar-refractivity contribution in [1.82, 2.24) is 20.0 Å². The molecule has 0 aliphatic carbocycles. The third kappa shape index (κ3) is 5.41. The van der Waals surface area contributed by atoms with E-state index >= 15 is 0 Å². The molecule has 4 rings (SSSR count). The molecule has 0 radical (unpaired) electrons. The third-order valence-electron chi connectivity index (χ3n) is 6.47. The number of rotatable bonds is 8. The maximum absolute atomic E-state index is 12.6. The Morgan fingerprint density at radius 2 is 1.89 bits per heavy atom. The van der Waals surface area contributed by atoms with Crippen LogP contribution in [0.1, 0.15) is 50.9 Å². The molecule has 1 aromatic heterocycles. The van der Waals surface area contributed by atoms with Crippen molar-refractivity contribution in [3.05, 3.63) is 71.0 Å². The van der Waals surface area contributed by atoms with Crippen LogP contribution in [0.25, 0.3) is 5.69 Å². The molecule has 0 saturated carbocycles. The number of carbonyl (C=O) groups excluding carboxylic acids is 3. The first-order chi connectivity index (χ1) is 17.8. The lowest BCUT2D eigenvalue weighted by Gasteiger charge is -2.31. The van der Waals surface area contributed by atoms with Crippen molar-refractivity contribution in [3.63, 3.8) is 0 Å². The van der Waals surface area contributed by atoms with E-state index in [9.17, 15) is 19.5 Å². The van der Waals surface area contributed by atoms with Crippen LogP contribution in [-0.2, 0) is 11.3 Å². The monoisotopic (exact) mass is 506 g/mol. The standard InChI is InChI=1S/C26H30N6O5/c1-37-20-7-3-2-6-19(20)26(36)29-13-16-8-10-18(11-9-16)32-24(25(28)35)22(27)23(30-32)17-5-4-12-31(14-17)21(34)15-33/h2-3,6-11,17,33H,4-5,12-15,27H2,1H3,(H2,28,35)(H,29,36). The smallest absolute Gasteiger partial charge is 0.269 e. The van der Waals surface area contributed by atoms with Gasteiger partial charge in [0.15, 0.2) is 5.69 Å². The number of hydrogen-bond acceptors (Lipinski definition) is 7. The van der Waals surface area contributed by atoms with Crippen molar-refractivity contribution < 1.29 is 24.2 Å². The molecule has 1 fully saturated rings. The minimum atomic E-state index is -0.719. The predicted octanol–water partition coefficient (Wildman–Crippen LogP) is 1.19. The van der Waals surface area contributed by atoms with Gasteiger partial charge in [-0.15, -0.1) is 0 Å². The molecule has 3 aromatic rings. The van der Waals surface area contributed by atoms with Crippen molar-refractivity contribution in [1.29, 1.82) is 0 Å². The second-order valence-corrected chi connectivity index (χ2v) is 8.81. The van der Waals surface area contributed by atoms with E-state index in [4.69, 9.17) is 16.2 Å². The first-order valence-corrected chi connectivity index (χ1v) is 11.9. The number of primary amides is 1. The summed E-state index contributed by atoms with van der Waals surface area (Å²) in [6, 6.07) is 14.1. The molecule has 11 heteroatoms. The SMILES string of the molecule is COc1ccccc1C(=O)NCc1ccc(-n2nc(C3CCCN(C(=O)CO)C3)c(N)c2C(N)=O)cc1. The maximum atomic E-state index is 12.6. The molecule has 1 saturated heterocycles. The van der Waals surface area contributed by atoms with E-state index < -0.39 is 12.5 Å². The highest BCUT2D eigenvalue weighted by Gasteiger charge is 2.31. The number of para-hydroxylation sites is 1. The molecule has 2 aromatic carbocycles. The van der Waals surface area contributed by atoms with Gasteiger partial charge in [0.1, 0.15) is 12.4 Å². The Balaban J connectivity index is 1.53. The number of aliphatic hydroxyl groups excluding tert-OH is 1. The van der Waals surface area contributed by atoms with Crippen LogP contribution in [0.15, 0.2) is 48.5 Å². The molecular formula is C26H30N6O5. The summed E-state index contributed by atoms with van der Waals surface area (Å²) < 4.78 is 6.66. The lowest BCUT2D eigenvalue weighted by atomic mass is 9.93. The maximum Gasteiger partial charge on any atom is 0.269 e. The highest BCUT2D eigenvalue weighted by molar-refractivity contribution is 5.98. The number of hydrogen-bond donors (Lipinski definition) is 4. The lowest BCUT2D eigenvalue weighted by Crippen LogP contribution is -2.40. The number of anilines is 1. The average Bonchev–Trinajstić information content (AvgIpc) is 3.28. The molecular weight excluding hydrogens is 476 g/mol. The minimum Gasteiger partial charge on any atom is -0.496 e. The molecule has 0 bridgehead atoms.